The fourth-order valence-corrected chi connectivity index (χ4v) is 5.70. The van der Waals surface area contributed by atoms with Gasteiger partial charge in [-0.15, -0.1) is 10.2 Å². The molecule has 6 nitrogen and oxygen atoms in total. The maximum absolute atomic E-state index is 13.9. The van der Waals surface area contributed by atoms with Crippen LogP contribution in [0.3, 0.4) is 0 Å². The Morgan fingerprint density at radius 1 is 1.18 bits per heavy atom. The lowest BCUT2D eigenvalue weighted by atomic mass is 9.95. The lowest BCUT2D eigenvalue weighted by molar-refractivity contribution is -0.115. The van der Waals surface area contributed by atoms with E-state index in [0.717, 1.165) is 31.2 Å². The van der Waals surface area contributed by atoms with Crippen molar-refractivity contribution in [3.63, 3.8) is 0 Å². The quantitative estimate of drug-likeness (QED) is 0.358. The SMILES string of the molecule is O=C1Cc2cc(C(=O)CSc3nnc(-c4cccc(F)c4)n3C3CCCCC3)c(Cl)cc2N1. The van der Waals surface area contributed by atoms with Crippen LogP contribution >= 0.6 is 23.4 Å². The van der Waals surface area contributed by atoms with Crippen molar-refractivity contribution in [2.45, 2.75) is 49.7 Å². The molecule has 33 heavy (non-hydrogen) atoms. The second kappa shape index (κ2) is 9.27. The van der Waals surface area contributed by atoms with E-state index in [1.807, 2.05) is 6.07 Å². The molecule has 1 aromatic heterocycles. The zero-order valence-electron chi connectivity index (χ0n) is 17.8. The summed E-state index contributed by atoms with van der Waals surface area (Å²) in [5, 5.41) is 12.4. The normalized spacial score (nSPS) is 16.0. The van der Waals surface area contributed by atoms with E-state index >= 15 is 0 Å². The molecule has 0 spiro atoms. The van der Waals surface area contributed by atoms with E-state index in [-0.39, 0.29) is 35.7 Å². The number of carbonyl (C=O) groups is 2. The molecule has 2 aliphatic rings. The van der Waals surface area contributed by atoms with Gasteiger partial charge in [-0.3, -0.25) is 14.2 Å². The van der Waals surface area contributed by atoms with E-state index < -0.39 is 0 Å². The zero-order chi connectivity index (χ0) is 22.9. The molecule has 0 atom stereocenters. The van der Waals surface area contributed by atoms with Crippen molar-refractivity contribution in [3.05, 3.63) is 58.4 Å². The zero-order valence-corrected chi connectivity index (χ0v) is 19.4. The Morgan fingerprint density at radius 2 is 2.00 bits per heavy atom. The number of nitrogens with one attached hydrogen (secondary N) is 1. The van der Waals surface area contributed by atoms with E-state index in [9.17, 15) is 14.0 Å². The Morgan fingerprint density at radius 3 is 2.79 bits per heavy atom. The fourth-order valence-electron chi connectivity index (χ4n) is 4.54. The minimum atomic E-state index is -0.325. The van der Waals surface area contributed by atoms with Gasteiger partial charge in [0.15, 0.2) is 16.8 Å². The van der Waals surface area contributed by atoms with Crippen molar-refractivity contribution in [2.24, 2.45) is 0 Å². The van der Waals surface area contributed by atoms with Gasteiger partial charge in [-0.25, -0.2) is 4.39 Å². The highest BCUT2D eigenvalue weighted by Gasteiger charge is 2.26. The summed E-state index contributed by atoms with van der Waals surface area (Å²) >= 11 is 7.64. The summed E-state index contributed by atoms with van der Waals surface area (Å²) in [7, 11) is 0. The Balaban J connectivity index is 1.41. The predicted octanol–water partition coefficient (Wildman–Crippen LogP) is 5.71. The number of benzene rings is 2. The van der Waals surface area contributed by atoms with Crippen molar-refractivity contribution < 1.29 is 14.0 Å². The van der Waals surface area contributed by atoms with Gasteiger partial charge in [0.1, 0.15) is 5.82 Å². The number of thioether (sulfide) groups is 1. The topological polar surface area (TPSA) is 76.9 Å². The molecule has 0 radical (unpaired) electrons. The molecular weight excluding hydrogens is 463 g/mol. The van der Waals surface area contributed by atoms with Crippen LogP contribution in [0.1, 0.15) is 54.1 Å². The van der Waals surface area contributed by atoms with Crippen LogP contribution in [0.4, 0.5) is 10.1 Å². The third kappa shape index (κ3) is 4.54. The van der Waals surface area contributed by atoms with Crippen LogP contribution in [0.15, 0.2) is 41.6 Å². The number of Topliss-reactive ketones (excluding diaryl/α,β-unsaturated/α-hetero) is 1. The molecule has 9 heteroatoms. The summed E-state index contributed by atoms with van der Waals surface area (Å²) in [6.07, 6.45) is 5.67. The molecule has 1 fully saturated rings. The number of anilines is 1. The Kier molecular flexibility index (Phi) is 6.21. The maximum atomic E-state index is 13.9. The largest absolute Gasteiger partial charge is 0.325 e. The number of ketones is 1. The summed E-state index contributed by atoms with van der Waals surface area (Å²) in [6, 6.07) is 9.90. The van der Waals surface area contributed by atoms with Gasteiger partial charge in [0.25, 0.3) is 0 Å². The van der Waals surface area contributed by atoms with Crippen LogP contribution in [0.25, 0.3) is 11.4 Å². The highest BCUT2D eigenvalue weighted by Crippen LogP contribution is 2.36. The van der Waals surface area contributed by atoms with Crippen molar-refractivity contribution in [1.29, 1.82) is 0 Å². The summed E-state index contributed by atoms with van der Waals surface area (Å²) in [5.74, 6) is 0.183. The maximum Gasteiger partial charge on any atom is 0.228 e. The minimum absolute atomic E-state index is 0.106. The first kappa shape index (κ1) is 22.1. The second-order valence-electron chi connectivity index (χ2n) is 8.40. The van der Waals surface area contributed by atoms with Crippen molar-refractivity contribution >= 4 is 40.7 Å². The van der Waals surface area contributed by atoms with Crippen LogP contribution in [-0.2, 0) is 11.2 Å². The lowest BCUT2D eigenvalue weighted by Crippen LogP contribution is -2.15. The first-order chi connectivity index (χ1) is 16.0. The molecule has 170 valence electrons. The molecule has 3 aromatic rings. The Hall–Kier alpha value is -2.71. The molecule has 2 heterocycles. The summed E-state index contributed by atoms with van der Waals surface area (Å²) in [4.78, 5) is 24.7. The smallest absolute Gasteiger partial charge is 0.228 e. The van der Waals surface area contributed by atoms with E-state index in [0.29, 0.717) is 32.8 Å². The molecular formula is C24H22ClFN4O2S. The van der Waals surface area contributed by atoms with Crippen LogP contribution in [-0.4, -0.2) is 32.2 Å². The number of rotatable bonds is 6. The number of carbonyl (C=O) groups excluding carboxylic acids is 2. The summed E-state index contributed by atoms with van der Waals surface area (Å²) in [6.45, 7) is 0. The van der Waals surface area contributed by atoms with Gasteiger partial charge in [-0.2, -0.15) is 0 Å². The average Bonchev–Trinajstić information content (AvgIpc) is 3.39. The second-order valence-corrected chi connectivity index (χ2v) is 9.75. The molecule has 1 aliphatic heterocycles. The van der Waals surface area contributed by atoms with E-state index in [4.69, 9.17) is 11.6 Å². The molecule has 1 saturated carbocycles. The molecule has 0 bridgehead atoms. The van der Waals surface area contributed by atoms with Crippen LogP contribution in [0, 0.1) is 5.82 Å². The van der Waals surface area contributed by atoms with E-state index in [2.05, 4.69) is 20.1 Å². The van der Waals surface area contributed by atoms with E-state index in [1.165, 1.54) is 30.3 Å². The average molecular weight is 485 g/mol. The molecule has 1 aliphatic carbocycles. The Labute approximate surface area is 199 Å². The number of halogens is 2. The molecule has 5 rings (SSSR count). The van der Waals surface area contributed by atoms with Gasteiger partial charge in [0, 0.05) is 22.9 Å². The van der Waals surface area contributed by atoms with Gasteiger partial charge in [0.2, 0.25) is 5.91 Å². The Bertz CT molecular complexity index is 1240. The number of fused-ring (bicyclic) bond motifs is 1. The fraction of sp³-hybridized carbons (Fsp3) is 0.333. The molecule has 0 unspecified atom stereocenters. The number of nitrogens with zero attached hydrogens (tertiary/aromatic N) is 3. The van der Waals surface area contributed by atoms with Crippen molar-refractivity contribution in [2.75, 3.05) is 11.1 Å². The van der Waals surface area contributed by atoms with Crippen molar-refractivity contribution in [3.8, 4) is 11.4 Å². The molecule has 1 N–H and O–H groups in total. The van der Waals surface area contributed by atoms with Gasteiger partial charge >= 0.3 is 0 Å². The van der Waals surface area contributed by atoms with E-state index in [1.54, 1.807) is 18.2 Å². The highest BCUT2D eigenvalue weighted by molar-refractivity contribution is 7.99. The van der Waals surface area contributed by atoms with Gasteiger partial charge in [0.05, 0.1) is 17.2 Å². The monoisotopic (exact) mass is 484 g/mol. The summed E-state index contributed by atoms with van der Waals surface area (Å²) in [5.41, 5.74) is 2.50. The number of hydrogen-bond donors (Lipinski definition) is 1. The number of amides is 1. The van der Waals surface area contributed by atoms with Crippen LogP contribution in [0.2, 0.25) is 5.02 Å². The minimum Gasteiger partial charge on any atom is -0.325 e. The molecule has 1 amide bonds. The van der Waals surface area contributed by atoms with Crippen LogP contribution in [0.5, 0.6) is 0 Å². The van der Waals surface area contributed by atoms with Gasteiger partial charge in [-0.1, -0.05) is 54.8 Å². The standard InChI is InChI=1S/C24H22ClFN4O2S/c25-19-12-20-15(11-22(32)27-20)10-18(19)21(31)13-33-24-29-28-23(14-5-4-6-16(26)9-14)30(24)17-7-2-1-3-8-17/h4-6,9-10,12,17H,1-3,7-8,11,13H2,(H,27,32). The number of hydrogen-bond acceptors (Lipinski definition) is 5. The molecule has 0 saturated heterocycles. The van der Waals surface area contributed by atoms with Gasteiger partial charge in [-0.05, 0) is 42.7 Å². The highest BCUT2D eigenvalue weighted by atomic mass is 35.5. The first-order valence-electron chi connectivity index (χ1n) is 11.0. The number of aromatic nitrogens is 3. The lowest BCUT2D eigenvalue weighted by Gasteiger charge is -2.25. The third-order valence-corrected chi connectivity index (χ3v) is 7.39. The van der Waals surface area contributed by atoms with Crippen LogP contribution < -0.4 is 5.32 Å². The first-order valence-corrected chi connectivity index (χ1v) is 12.3. The van der Waals surface area contributed by atoms with Crippen molar-refractivity contribution in [1.82, 2.24) is 14.8 Å². The third-order valence-electron chi connectivity index (χ3n) is 6.14. The van der Waals surface area contributed by atoms with Gasteiger partial charge < -0.3 is 5.32 Å². The summed E-state index contributed by atoms with van der Waals surface area (Å²) < 4.78 is 16.0. The predicted molar refractivity (Wildman–Crippen MR) is 126 cm³/mol. The molecule has 2 aromatic carbocycles.